The van der Waals surface area contributed by atoms with E-state index in [1.807, 2.05) is 10.6 Å². The first-order valence-corrected chi connectivity index (χ1v) is 4.92. The Morgan fingerprint density at radius 3 is 2.93 bits per heavy atom. The zero-order chi connectivity index (χ0) is 10.2. The summed E-state index contributed by atoms with van der Waals surface area (Å²) in [5.74, 6) is 0. The molecule has 14 heavy (non-hydrogen) atoms. The van der Waals surface area contributed by atoms with Gasteiger partial charge < -0.3 is 0 Å². The lowest BCUT2D eigenvalue weighted by Gasteiger charge is -2.21. The molecule has 0 saturated carbocycles. The molecule has 0 unspecified atom stereocenters. The van der Waals surface area contributed by atoms with E-state index in [4.69, 9.17) is 0 Å². The normalized spacial score (nSPS) is 12.2. The second kappa shape index (κ2) is 3.08. The van der Waals surface area contributed by atoms with Crippen LogP contribution in [0.4, 0.5) is 0 Å². The molecule has 74 valence electrons. The third-order valence-electron chi connectivity index (χ3n) is 2.85. The predicted octanol–water partition coefficient (Wildman–Crippen LogP) is 2.42. The zero-order valence-electron chi connectivity index (χ0n) is 8.86. The highest BCUT2D eigenvalue weighted by Crippen LogP contribution is 2.24. The highest BCUT2D eigenvalue weighted by Gasteiger charge is 2.19. The molecule has 2 aromatic heterocycles. The maximum absolute atomic E-state index is 4.58. The minimum atomic E-state index is 0.145. The number of aromatic nitrogens is 3. The van der Waals surface area contributed by atoms with Gasteiger partial charge in [-0.2, -0.15) is 0 Å². The van der Waals surface area contributed by atoms with E-state index in [0.29, 0.717) is 0 Å². The Bertz CT molecular complexity index is 442. The van der Waals surface area contributed by atoms with E-state index in [0.717, 1.165) is 17.8 Å². The molecule has 0 radical (unpaired) electrons. The molecule has 2 rings (SSSR count). The maximum Gasteiger partial charge on any atom is 0.156 e. The van der Waals surface area contributed by atoms with Crippen molar-refractivity contribution in [1.29, 1.82) is 0 Å². The van der Waals surface area contributed by atoms with Crippen molar-refractivity contribution in [2.24, 2.45) is 0 Å². The van der Waals surface area contributed by atoms with Gasteiger partial charge in [-0.25, -0.2) is 9.97 Å². The van der Waals surface area contributed by atoms with Gasteiger partial charge in [0.05, 0.1) is 6.20 Å². The Morgan fingerprint density at radius 2 is 2.21 bits per heavy atom. The van der Waals surface area contributed by atoms with Crippen LogP contribution in [0.15, 0.2) is 24.8 Å². The van der Waals surface area contributed by atoms with E-state index >= 15 is 0 Å². The zero-order valence-corrected chi connectivity index (χ0v) is 8.86. The summed E-state index contributed by atoms with van der Waals surface area (Å²) < 4.78 is 1.93. The highest BCUT2D eigenvalue weighted by molar-refractivity contribution is 5.36. The molecule has 2 heterocycles. The largest absolute Gasteiger partial charge is 0.291 e. The minimum Gasteiger partial charge on any atom is -0.291 e. The second-order valence-electron chi connectivity index (χ2n) is 4.21. The molecule has 0 bridgehead atoms. The van der Waals surface area contributed by atoms with E-state index in [1.165, 1.54) is 0 Å². The lowest BCUT2D eigenvalue weighted by Crippen LogP contribution is -2.17. The molecule has 0 aliphatic rings. The summed E-state index contributed by atoms with van der Waals surface area (Å²) in [6.45, 7) is 6.60. The van der Waals surface area contributed by atoms with Crippen LogP contribution in [0.5, 0.6) is 0 Å². The van der Waals surface area contributed by atoms with Gasteiger partial charge in [0.25, 0.3) is 0 Å². The number of imidazole rings is 1. The fourth-order valence-electron chi connectivity index (χ4n) is 1.37. The number of rotatable bonds is 2. The Kier molecular flexibility index (Phi) is 2.02. The van der Waals surface area contributed by atoms with E-state index < -0.39 is 0 Å². The predicted molar refractivity (Wildman–Crippen MR) is 56.3 cm³/mol. The molecular formula is C11H15N3. The Hall–Kier alpha value is -1.38. The standard InChI is InChI=1S/C11H15N3/c1-4-11(2,3)9-5-6-14-8-12-7-10(14)13-9/h5-8H,4H2,1-3H3. The van der Waals surface area contributed by atoms with Gasteiger partial charge in [0.1, 0.15) is 6.33 Å². The van der Waals surface area contributed by atoms with Gasteiger partial charge in [-0.15, -0.1) is 0 Å². The molecule has 0 atom stereocenters. The van der Waals surface area contributed by atoms with Gasteiger partial charge in [0, 0.05) is 17.3 Å². The van der Waals surface area contributed by atoms with Gasteiger partial charge >= 0.3 is 0 Å². The molecule has 0 N–H and O–H groups in total. The van der Waals surface area contributed by atoms with Gasteiger partial charge in [0.15, 0.2) is 5.65 Å². The van der Waals surface area contributed by atoms with Crippen LogP contribution >= 0.6 is 0 Å². The van der Waals surface area contributed by atoms with Crippen LogP contribution < -0.4 is 0 Å². The number of hydrogen-bond donors (Lipinski definition) is 0. The molecule has 3 heteroatoms. The number of nitrogens with zero attached hydrogens (tertiary/aromatic N) is 3. The summed E-state index contributed by atoms with van der Waals surface area (Å²) in [4.78, 5) is 8.63. The van der Waals surface area contributed by atoms with Crippen molar-refractivity contribution < 1.29 is 0 Å². The average Bonchev–Trinajstić information content (AvgIpc) is 2.64. The van der Waals surface area contributed by atoms with E-state index in [1.54, 1.807) is 12.5 Å². The van der Waals surface area contributed by atoms with Crippen molar-refractivity contribution in [3.63, 3.8) is 0 Å². The molecule has 0 amide bonds. The van der Waals surface area contributed by atoms with Gasteiger partial charge in [-0.3, -0.25) is 4.40 Å². The van der Waals surface area contributed by atoms with E-state index in [-0.39, 0.29) is 5.41 Å². The molecule has 0 aliphatic heterocycles. The molecule has 3 nitrogen and oxygen atoms in total. The topological polar surface area (TPSA) is 30.2 Å². The quantitative estimate of drug-likeness (QED) is 0.726. The van der Waals surface area contributed by atoms with Crippen LogP contribution in [0.25, 0.3) is 5.65 Å². The lowest BCUT2D eigenvalue weighted by molar-refractivity contribution is 0.490. The minimum absolute atomic E-state index is 0.145. The van der Waals surface area contributed by atoms with Crippen LogP contribution in [0.3, 0.4) is 0 Å². The SMILES string of the molecule is CCC(C)(C)c1ccn2cncc2n1. The Morgan fingerprint density at radius 1 is 1.43 bits per heavy atom. The number of hydrogen-bond acceptors (Lipinski definition) is 2. The van der Waals surface area contributed by atoms with Crippen molar-refractivity contribution in [3.8, 4) is 0 Å². The van der Waals surface area contributed by atoms with Crippen molar-refractivity contribution in [2.75, 3.05) is 0 Å². The highest BCUT2D eigenvalue weighted by atomic mass is 15.0. The molecular weight excluding hydrogens is 174 g/mol. The van der Waals surface area contributed by atoms with Crippen molar-refractivity contribution >= 4 is 5.65 Å². The maximum atomic E-state index is 4.58. The molecule has 0 fully saturated rings. The lowest BCUT2D eigenvalue weighted by atomic mass is 9.86. The monoisotopic (exact) mass is 189 g/mol. The fourth-order valence-corrected chi connectivity index (χ4v) is 1.37. The van der Waals surface area contributed by atoms with Gasteiger partial charge in [0.2, 0.25) is 0 Å². The first-order chi connectivity index (χ1) is 6.63. The van der Waals surface area contributed by atoms with Crippen molar-refractivity contribution in [1.82, 2.24) is 14.4 Å². The third-order valence-corrected chi connectivity index (χ3v) is 2.85. The Labute approximate surface area is 83.8 Å². The smallest absolute Gasteiger partial charge is 0.156 e. The van der Waals surface area contributed by atoms with Crippen LogP contribution in [0.1, 0.15) is 32.9 Å². The second-order valence-corrected chi connectivity index (χ2v) is 4.21. The molecule has 0 spiro atoms. The molecule has 2 aromatic rings. The summed E-state index contributed by atoms with van der Waals surface area (Å²) >= 11 is 0. The first-order valence-electron chi connectivity index (χ1n) is 4.92. The summed E-state index contributed by atoms with van der Waals surface area (Å²) in [5, 5.41) is 0. The summed E-state index contributed by atoms with van der Waals surface area (Å²) in [6.07, 6.45) is 6.66. The van der Waals surface area contributed by atoms with Crippen molar-refractivity contribution in [3.05, 3.63) is 30.5 Å². The van der Waals surface area contributed by atoms with Crippen LogP contribution in [-0.4, -0.2) is 14.4 Å². The summed E-state index contributed by atoms with van der Waals surface area (Å²) in [6, 6.07) is 2.07. The molecule has 0 saturated heterocycles. The van der Waals surface area contributed by atoms with E-state index in [9.17, 15) is 0 Å². The number of fused-ring (bicyclic) bond motifs is 1. The average molecular weight is 189 g/mol. The van der Waals surface area contributed by atoms with Crippen molar-refractivity contribution in [2.45, 2.75) is 32.6 Å². The van der Waals surface area contributed by atoms with Gasteiger partial charge in [-0.1, -0.05) is 20.8 Å². The molecule has 0 aromatic carbocycles. The summed E-state index contributed by atoms with van der Waals surface area (Å²) in [7, 11) is 0. The molecule has 0 aliphatic carbocycles. The summed E-state index contributed by atoms with van der Waals surface area (Å²) in [5.41, 5.74) is 2.20. The van der Waals surface area contributed by atoms with E-state index in [2.05, 4.69) is 36.8 Å². The van der Waals surface area contributed by atoms with Gasteiger partial charge in [-0.05, 0) is 12.5 Å². The Balaban J connectivity index is 2.53. The fraction of sp³-hybridized carbons (Fsp3) is 0.455. The first kappa shape index (κ1) is 9.19. The van der Waals surface area contributed by atoms with Crippen LogP contribution in [0.2, 0.25) is 0 Å². The third kappa shape index (κ3) is 1.39. The van der Waals surface area contributed by atoms with Crippen LogP contribution in [0, 0.1) is 0 Å². The van der Waals surface area contributed by atoms with Crippen LogP contribution in [-0.2, 0) is 5.41 Å².